The molecule has 0 aliphatic heterocycles. The first-order chi connectivity index (χ1) is 8.79. The van der Waals surface area contributed by atoms with Crippen molar-refractivity contribution in [1.82, 2.24) is 4.57 Å². The Morgan fingerprint density at radius 3 is 2.72 bits per heavy atom. The fourth-order valence-corrected chi connectivity index (χ4v) is 4.40. The Kier molecular flexibility index (Phi) is 3.71. The Morgan fingerprint density at radius 2 is 2.00 bits per heavy atom. The van der Waals surface area contributed by atoms with Gasteiger partial charge in [0.1, 0.15) is 0 Å². The van der Waals surface area contributed by atoms with Crippen molar-refractivity contribution in [3.05, 3.63) is 23.5 Å². The molecule has 1 aromatic heterocycles. The van der Waals surface area contributed by atoms with E-state index in [4.69, 9.17) is 5.73 Å². The van der Waals surface area contributed by atoms with E-state index in [1.807, 2.05) is 11.8 Å². The van der Waals surface area contributed by atoms with Crippen LogP contribution in [0.2, 0.25) is 0 Å². The van der Waals surface area contributed by atoms with Gasteiger partial charge in [-0.3, -0.25) is 0 Å². The van der Waals surface area contributed by atoms with Gasteiger partial charge in [-0.25, -0.2) is 0 Å². The van der Waals surface area contributed by atoms with Crippen LogP contribution < -0.4 is 5.73 Å². The van der Waals surface area contributed by atoms with Crippen LogP contribution in [0, 0.1) is 0 Å². The predicted molar refractivity (Wildman–Crippen MR) is 79.1 cm³/mol. The number of hydrogen-bond acceptors (Lipinski definition) is 2. The summed E-state index contributed by atoms with van der Waals surface area (Å²) >= 11 is 2.04. The van der Waals surface area contributed by atoms with Gasteiger partial charge in [-0.05, 0) is 62.8 Å². The first-order valence-corrected chi connectivity index (χ1v) is 8.56. The molecule has 0 aromatic carbocycles. The zero-order valence-electron chi connectivity index (χ0n) is 11.3. The number of aromatic nitrogens is 1. The van der Waals surface area contributed by atoms with Crippen LogP contribution in [0.5, 0.6) is 0 Å². The lowest BCUT2D eigenvalue weighted by atomic mass is 9.91. The number of hydrogen-bond donors (Lipinski definition) is 1. The van der Waals surface area contributed by atoms with Crippen molar-refractivity contribution < 1.29 is 0 Å². The third-order valence-corrected chi connectivity index (χ3v) is 5.90. The Morgan fingerprint density at radius 1 is 1.22 bits per heavy atom. The summed E-state index contributed by atoms with van der Waals surface area (Å²) in [6, 6.07) is 3.31. The quantitative estimate of drug-likeness (QED) is 0.883. The van der Waals surface area contributed by atoms with Crippen molar-refractivity contribution >= 4 is 11.8 Å². The Labute approximate surface area is 114 Å². The maximum atomic E-state index is 6.22. The highest BCUT2D eigenvalue weighted by Crippen LogP contribution is 2.37. The molecule has 18 heavy (non-hydrogen) atoms. The zero-order chi connectivity index (χ0) is 12.5. The molecule has 0 saturated heterocycles. The molecule has 3 rings (SSSR count). The summed E-state index contributed by atoms with van der Waals surface area (Å²) in [6.07, 6.45) is 13.7. The second-order valence-corrected chi connectivity index (χ2v) is 6.93. The summed E-state index contributed by atoms with van der Waals surface area (Å²) in [7, 11) is 0. The van der Waals surface area contributed by atoms with Crippen molar-refractivity contribution in [3.8, 4) is 0 Å². The van der Waals surface area contributed by atoms with Gasteiger partial charge in [-0.15, -0.1) is 0 Å². The molecule has 2 aliphatic carbocycles. The van der Waals surface area contributed by atoms with E-state index in [0.717, 1.165) is 17.7 Å². The smallest absolute Gasteiger partial charge is 0.0334 e. The maximum absolute atomic E-state index is 6.22. The SMILES string of the molecule is CSC1CCC(n2ccc3c2CCCC3N)CC1. The van der Waals surface area contributed by atoms with Crippen molar-refractivity contribution in [3.63, 3.8) is 0 Å². The van der Waals surface area contributed by atoms with E-state index < -0.39 is 0 Å². The maximum Gasteiger partial charge on any atom is 0.0334 e. The highest BCUT2D eigenvalue weighted by Gasteiger charge is 2.26. The molecular weight excluding hydrogens is 240 g/mol. The Hall–Kier alpha value is -0.410. The average molecular weight is 264 g/mol. The third kappa shape index (κ3) is 2.23. The summed E-state index contributed by atoms with van der Waals surface area (Å²) in [5.74, 6) is 0. The lowest BCUT2D eigenvalue weighted by molar-refractivity contribution is 0.349. The number of nitrogens with zero attached hydrogens (tertiary/aromatic N) is 1. The molecule has 0 radical (unpaired) electrons. The van der Waals surface area contributed by atoms with E-state index in [0.29, 0.717) is 0 Å². The molecule has 1 fully saturated rings. The summed E-state index contributed by atoms with van der Waals surface area (Å²) in [6.45, 7) is 0. The van der Waals surface area contributed by atoms with Gasteiger partial charge in [0.25, 0.3) is 0 Å². The fourth-order valence-electron chi connectivity index (χ4n) is 3.65. The molecule has 2 N–H and O–H groups in total. The summed E-state index contributed by atoms with van der Waals surface area (Å²) in [5.41, 5.74) is 9.18. The van der Waals surface area contributed by atoms with Crippen LogP contribution in [0.25, 0.3) is 0 Å². The Bertz CT molecular complexity index is 405. The van der Waals surface area contributed by atoms with Gasteiger partial charge in [0, 0.05) is 29.2 Å². The third-order valence-electron chi connectivity index (χ3n) is 4.76. The van der Waals surface area contributed by atoms with E-state index in [2.05, 4.69) is 23.1 Å². The summed E-state index contributed by atoms with van der Waals surface area (Å²) < 4.78 is 2.56. The molecule has 3 heteroatoms. The summed E-state index contributed by atoms with van der Waals surface area (Å²) in [5, 5.41) is 0.898. The van der Waals surface area contributed by atoms with Crippen molar-refractivity contribution in [2.45, 2.75) is 62.3 Å². The van der Waals surface area contributed by atoms with Gasteiger partial charge in [0.15, 0.2) is 0 Å². The number of thioether (sulfide) groups is 1. The van der Waals surface area contributed by atoms with Gasteiger partial charge >= 0.3 is 0 Å². The van der Waals surface area contributed by atoms with E-state index in [9.17, 15) is 0 Å². The Balaban J connectivity index is 1.77. The van der Waals surface area contributed by atoms with Crippen LogP contribution in [0.3, 0.4) is 0 Å². The number of fused-ring (bicyclic) bond motifs is 1. The lowest BCUT2D eigenvalue weighted by Crippen LogP contribution is -2.23. The molecule has 0 bridgehead atoms. The van der Waals surface area contributed by atoms with E-state index in [-0.39, 0.29) is 6.04 Å². The highest BCUT2D eigenvalue weighted by atomic mass is 32.2. The van der Waals surface area contributed by atoms with Crippen LogP contribution in [0.1, 0.15) is 61.9 Å². The van der Waals surface area contributed by atoms with Crippen molar-refractivity contribution in [1.29, 1.82) is 0 Å². The van der Waals surface area contributed by atoms with Crippen LogP contribution in [-0.4, -0.2) is 16.1 Å². The van der Waals surface area contributed by atoms with Crippen LogP contribution in [0.4, 0.5) is 0 Å². The molecule has 2 nitrogen and oxygen atoms in total. The molecule has 1 unspecified atom stereocenters. The van der Waals surface area contributed by atoms with Gasteiger partial charge in [-0.1, -0.05) is 0 Å². The van der Waals surface area contributed by atoms with E-state index in [1.165, 1.54) is 44.1 Å². The van der Waals surface area contributed by atoms with Crippen LogP contribution >= 0.6 is 11.8 Å². The summed E-state index contributed by atoms with van der Waals surface area (Å²) in [4.78, 5) is 0. The van der Waals surface area contributed by atoms with Crippen molar-refractivity contribution in [2.24, 2.45) is 5.73 Å². The monoisotopic (exact) mass is 264 g/mol. The fraction of sp³-hybridized carbons (Fsp3) is 0.733. The molecule has 1 atom stereocenters. The molecule has 1 aromatic rings. The number of nitrogens with two attached hydrogens (primary N) is 1. The van der Waals surface area contributed by atoms with Gasteiger partial charge in [0.2, 0.25) is 0 Å². The van der Waals surface area contributed by atoms with Gasteiger partial charge in [0.05, 0.1) is 0 Å². The molecule has 100 valence electrons. The van der Waals surface area contributed by atoms with Crippen LogP contribution in [-0.2, 0) is 6.42 Å². The highest BCUT2D eigenvalue weighted by molar-refractivity contribution is 7.99. The van der Waals surface area contributed by atoms with Gasteiger partial charge < -0.3 is 10.3 Å². The van der Waals surface area contributed by atoms with E-state index >= 15 is 0 Å². The van der Waals surface area contributed by atoms with Crippen molar-refractivity contribution in [2.75, 3.05) is 6.26 Å². The largest absolute Gasteiger partial charge is 0.348 e. The molecule has 0 amide bonds. The minimum Gasteiger partial charge on any atom is -0.348 e. The molecular formula is C15H24N2S. The average Bonchev–Trinajstić information content (AvgIpc) is 2.84. The second kappa shape index (κ2) is 5.30. The van der Waals surface area contributed by atoms with E-state index in [1.54, 1.807) is 5.69 Å². The second-order valence-electron chi connectivity index (χ2n) is 5.79. The molecule has 0 spiro atoms. The standard InChI is InChI=1S/C15H24N2S/c1-18-12-7-5-11(6-8-12)17-10-9-13-14(16)3-2-4-15(13)17/h9-12,14H,2-8,16H2,1H3. The molecule has 1 heterocycles. The molecule has 2 aliphatic rings. The zero-order valence-corrected chi connectivity index (χ0v) is 12.1. The number of rotatable bonds is 2. The first kappa shape index (κ1) is 12.6. The topological polar surface area (TPSA) is 30.9 Å². The molecule has 1 saturated carbocycles. The first-order valence-electron chi connectivity index (χ1n) is 7.27. The van der Waals surface area contributed by atoms with Gasteiger partial charge in [-0.2, -0.15) is 11.8 Å². The minimum absolute atomic E-state index is 0.289. The van der Waals surface area contributed by atoms with Crippen LogP contribution in [0.15, 0.2) is 12.3 Å². The lowest BCUT2D eigenvalue weighted by Gasteiger charge is -2.31. The predicted octanol–water partition coefficient (Wildman–Crippen LogP) is 3.67. The normalized spacial score (nSPS) is 32.2. The minimum atomic E-state index is 0.289.